The zero-order valence-corrected chi connectivity index (χ0v) is 13.6. The topological polar surface area (TPSA) is 55.4 Å². The highest BCUT2D eigenvalue weighted by molar-refractivity contribution is 7.10. The van der Waals surface area contributed by atoms with Crippen molar-refractivity contribution in [3.63, 3.8) is 0 Å². The van der Waals surface area contributed by atoms with Crippen LogP contribution >= 0.6 is 11.3 Å². The number of esters is 1. The fourth-order valence-electron chi connectivity index (χ4n) is 2.52. The zero-order valence-electron chi connectivity index (χ0n) is 12.7. The maximum Gasteiger partial charge on any atom is 0.309 e. The molecule has 0 saturated heterocycles. The molecule has 0 bridgehead atoms. The number of carbonyl (C=O) groups is 2. The first kappa shape index (κ1) is 15.7. The van der Waals surface area contributed by atoms with Crippen LogP contribution in [0.3, 0.4) is 0 Å². The molecule has 0 spiro atoms. The van der Waals surface area contributed by atoms with Gasteiger partial charge < -0.3 is 10.1 Å². The third kappa shape index (κ3) is 3.99. The molecule has 0 aliphatic heterocycles. The second-order valence-corrected chi connectivity index (χ2v) is 6.64. The molecule has 1 N–H and O–H groups in total. The van der Waals surface area contributed by atoms with E-state index >= 15 is 0 Å². The summed E-state index contributed by atoms with van der Waals surface area (Å²) < 4.78 is 5.11. The molecular formula is C18H19NO3S. The lowest BCUT2D eigenvalue weighted by Crippen LogP contribution is -2.34. The van der Waals surface area contributed by atoms with E-state index in [0.29, 0.717) is 0 Å². The average molecular weight is 329 g/mol. The third-order valence-corrected chi connectivity index (χ3v) is 4.99. The van der Waals surface area contributed by atoms with Gasteiger partial charge in [-0.05, 0) is 29.9 Å². The summed E-state index contributed by atoms with van der Waals surface area (Å²) in [5, 5.41) is 4.94. The Bertz CT molecular complexity index is 650. The molecular weight excluding hydrogens is 310 g/mol. The maximum absolute atomic E-state index is 12.2. The van der Waals surface area contributed by atoms with Gasteiger partial charge in [0.05, 0.1) is 12.0 Å². The Morgan fingerprint density at radius 2 is 1.96 bits per heavy atom. The number of nitrogens with one attached hydrogen (secondary N) is 1. The van der Waals surface area contributed by atoms with Crippen molar-refractivity contribution in [2.75, 3.05) is 6.61 Å². The third-order valence-electron chi connectivity index (χ3n) is 4.05. The fourth-order valence-corrected chi connectivity index (χ4v) is 3.32. The molecule has 0 radical (unpaired) electrons. The van der Waals surface area contributed by atoms with Gasteiger partial charge in [0.1, 0.15) is 0 Å². The van der Waals surface area contributed by atoms with Crippen LogP contribution in [0.2, 0.25) is 0 Å². The van der Waals surface area contributed by atoms with E-state index in [1.807, 2.05) is 47.8 Å². The first-order valence-electron chi connectivity index (χ1n) is 7.78. The molecule has 23 heavy (non-hydrogen) atoms. The second-order valence-electron chi connectivity index (χ2n) is 5.66. The lowest BCUT2D eigenvalue weighted by atomic mass is 9.86. The summed E-state index contributed by atoms with van der Waals surface area (Å²) in [6, 6.07) is 13.5. The molecule has 1 amide bonds. The van der Waals surface area contributed by atoms with Crippen molar-refractivity contribution in [2.24, 2.45) is 5.92 Å². The van der Waals surface area contributed by atoms with Crippen molar-refractivity contribution in [2.45, 2.75) is 25.3 Å². The van der Waals surface area contributed by atoms with Crippen molar-refractivity contribution in [3.05, 3.63) is 58.3 Å². The molecule has 1 atom stereocenters. The van der Waals surface area contributed by atoms with Crippen LogP contribution in [0.5, 0.6) is 0 Å². The Morgan fingerprint density at radius 1 is 1.17 bits per heavy atom. The predicted molar refractivity (Wildman–Crippen MR) is 89.0 cm³/mol. The molecule has 4 nitrogen and oxygen atoms in total. The lowest BCUT2D eigenvalue weighted by Gasteiger charge is -2.23. The minimum absolute atomic E-state index is 0.00924. The van der Waals surface area contributed by atoms with Crippen LogP contribution in [-0.4, -0.2) is 18.5 Å². The van der Waals surface area contributed by atoms with Crippen molar-refractivity contribution in [3.8, 4) is 0 Å². The molecule has 1 aliphatic carbocycles. The van der Waals surface area contributed by atoms with Crippen LogP contribution in [0, 0.1) is 5.92 Å². The van der Waals surface area contributed by atoms with Crippen LogP contribution in [0.1, 0.15) is 35.7 Å². The van der Waals surface area contributed by atoms with Gasteiger partial charge in [0, 0.05) is 4.88 Å². The highest BCUT2D eigenvalue weighted by Gasteiger charge is 2.27. The number of ether oxygens (including phenoxy) is 1. The SMILES string of the molecule is O=C(COC(=O)C1CCC1)N[C@@H](c1ccccc1)c1cccs1. The van der Waals surface area contributed by atoms with Crippen LogP contribution in [0.25, 0.3) is 0 Å². The van der Waals surface area contributed by atoms with Crippen molar-refractivity contribution in [1.82, 2.24) is 5.32 Å². The Morgan fingerprint density at radius 3 is 2.57 bits per heavy atom. The van der Waals surface area contributed by atoms with Crippen molar-refractivity contribution < 1.29 is 14.3 Å². The monoisotopic (exact) mass is 329 g/mol. The van der Waals surface area contributed by atoms with Gasteiger partial charge in [-0.2, -0.15) is 0 Å². The minimum Gasteiger partial charge on any atom is -0.455 e. The van der Waals surface area contributed by atoms with Crippen molar-refractivity contribution >= 4 is 23.2 Å². The largest absolute Gasteiger partial charge is 0.455 e. The predicted octanol–water partition coefficient (Wildman–Crippen LogP) is 3.30. The van der Waals surface area contributed by atoms with Gasteiger partial charge >= 0.3 is 5.97 Å². The van der Waals surface area contributed by atoms with E-state index < -0.39 is 0 Å². The van der Waals surface area contributed by atoms with Gasteiger partial charge in [-0.25, -0.2) is 0 Å². The van der Waals surface area contributed by atoms with Gasteiger partial charge in [-0.3, -0.25) is 9.59 Å². The number of hydrogen-bond donors (Lipinski definition) is 1. The molecule has 3 rings (SSSR count). The van der Waals surface area contributed by atoms with E-state index in [4.69, 9.17) is 4.74 Å². The van der Waals surface area contributed by atoms with Gasteiger partial charge in [-0.1, -0.05) is 42.8 Å². The summed E-state index contributed by atoms with van der Waals surface area (Å²) in [6.07, 6.45) is 2.82. The Balaban J connectivity index is 1.62. The van der Waals surface area contributed by atoms with Crippen LogP contribution in [-0.2, 0) is 14.3 Å². The lowest BCUT2D eigenvalue weighted by molar-refractivity contribution is -0.155. The fraction of sp³-hybridized carbons (Fsp3) is 0.333. The standard InChI is InChI=1S/C18H19NO3S/c20-16(12-22-18(21)14-8-4-9-14)19-17(15-10-5-11-23-15)13-6-2-1-3-7-13/h1-3,5-7,10-11,14,17H,4,8-9,12H2,(H,19,20)/t17-/m0/s1. The summed E-state index contributed by atoms with van der Waals surface area (Å²) in [4.78, 5) is 24.9. The summed E-state index contributed by atoms with van der Waals surface area (Å²) in [6.45, 7) is -0.218. The van der Waals surface area contributed by atoms with Crippen LogP contribution in [0.15, 0.2) is 47.8 Å². The van der Waals surface area contributed by atoms with Crippen LogP contribution < -0.4 is 5.32 Å². The van der Waals surface area contributed by atoms with Crippen LogP contribution in [0.4, 0.5) is 0 Å². The number of thiophene rings is 1. The highest BCUT2D eigenvalue weighted by atomic mass is 32.1. The van der Waals surface area contributed by atoms with Gasteiger partial charge in [0.25, 0.3) is 5.91 Å². The molecule has 0 unspecified atom stereocenters. The Labute approximate surface area is 139 Å². The maximum atomic E-state index is 12.2. The zero-order chi connectivity index (χ0) is 16.1. The molecule has 120 valence electrons. The first-order valence-corrected chi connectivity index (χ1v) is 8.66. The number of carbonyl (C=O) groups excluding carboxylic acids is 2. The molecule has 1 fully saturated rings. The smallest absolute Gasteiger partial charge is 0.309 e. The van der Waals surface area contributed by atoms with E-state index in [1.165, 1.54) is 0 Å². The minimum atomic E-state index is -0.278. The summed E-state index contributed by atoms with van der Waals surface area (Å²) >= 11 is 1.59. The molecule has 1 aromatic carbocycles. The van der Waals surface area contributed by atoms with Crippen molar-refractivity contribution in [1.29, 1.82) is 0 Å². The number of hydrogen-bond acceptors (Lipinski definition) is 4. The number of rotatable bonds is 6. The van der Waals surface area contributed by atoms with Gasteiger partial charge in [0.15, 0.2) is 6.61 Å². The molecule has 1 saturated carbocycles. The average Bonchev–Trinajstić information content (AvgIpc) is 3.04. The second kappa shape index (κ2) is 7.42. The molecule has 5 heteroatoms. The van der Waals surface area contributed by atoms with E-state index in [-0.39, 0.29) is 30.4 Å². The molecule has 2 aromatic rings. The van der Waals surface area contributed by atoms with E-state index in [9.17, 15) is 9.59 Å². The summed E-state index contributed by atoms with van der Waals surface area (Å²) in [7, 11) is 0. The Hall–Kier alpha value is -2.14. The first-order chi connectivity index (χ1) is 11.2. The normalized spacial score (nSPS) is 15.5. The van der Waals surface area contributed by atoms with E-state index in [1.54, 1.807) is 11.3 Å². The summed E-state index contributed by atoms with van der Waals surface area (Å²) in [5.41, 5.74) is 1.01. The quantitative estimate of drug-likeness (QED) is 0.827. The molecule has 1 heterocycles. The van der Waals surface area contributed by atoms with Gasteiger partial charge in [0.2, 0.25) is 0 Å². The number of benzene rings is 1. The van der Waals surface area contributed by atoms with Gasteiger partial charge in [-0.15, -0.1) is 11.3 Å². The Kier molecular flexibility index (Phi) is 5.08. The molecule has 1 aromatic heterocycles. The highest BCUT2D eigenvalue weighted by Crippen LogP contribution is 2.28. The van der Waals surface area contributed by atoms with E-state index in [0.717, 1.165) is 29.7 Å². The number of amides is 1. The molecule has 1 aliphatic rings. The summed E-state index contributed by atoms with van der Waals surface area (Å²) in [5.74, 6) is -0.538. The van der Waals surface area contributed by atoms with E-state index in [2.05, 4.69) is 5.32 Å².